The standard InChI is InChI=1S/C12H12N2O3/c1-14(8-11(15)16)12(17)10-4-2-9(3-5-10)6-7-13/h2-5H,6,8H2,1H3,(H,15,16). The summed E-state index contributed by atoms with van der Waals surface area (Å²) in [6.45, 7) is -0.335. The zero-order valence-electron chi connectivity index (χ0n) is 9.38. The van der Waals surface area contributed by atoms with Gasteiger partial charge in [-0.05, 0) is 17.7 Å². The second-order valence-corrected chi connectivity index (χ2v) is 3.59. The molecule has 88 valence electrons. The molecule has 0 bridgehead atoms. The molecular weight excluding hydrogens is 220 g/mol. The number of hydrogen-bond donors (Lipinski definition) is 1. The van der Waals surface area contributed by atoms with Gasteiger partial charge in [0.1, 0.15) is 6.54 Å². The lowest BCUT2D eigenvalue weighted by Crippen LogP contribution is -2.31. The third kappa shape index (κ3) is 3.61. The number of nitriles is 1. The molecule has 17 heavy (non-hydrogen) atoms. The Morgan fingerprint density at radius 2 is 1.94 bits per heavy atom. The molecule has 0 aliphatic rings. The monoisotopic (exact) mass is 232 g/mol. The average Bonchev–Trinajstić information content (AvgIpc) is 2.28. The van der Waals surface area contributed by atoms with E-state index < -0.39 is 5.97 Å². The Balaban J connectivity index is 2.76. The van der Waals surface area contributed by atoms with E-state index in [1.165, 1.54) is 7.05 Å². The minimum atomic E-state index is -1.05. The Bertz CT molecular complexity index is 460. The average molecular weight is 232 g/mol. The zero-order valence-corrected chi connectivity index (χ0v) is 9.38. The maximum atomic E-state index is 11.7. The van der Waals surface area contributed by atoms with Crippen LogP contribution in [0.25, 0.3) is 0 Å². The van der Waals surface area contributed by atoms with Gasteiger partial charge in [-0.2, -0.15) is 5.26 Å². The minimum absolute atomic E-state index is 0.291. The van der Waals surface area contributed by atoms with Crippen molar-refractivity contribution >= 4 is 11.9 Å². The summed E-state index contributed by atoms with van der Waals surface area (Å²) >= 11 is 0. The molecule has 0 heterocycles. The molecule has 0 unspecified atom stereocenters. The lowest BCUT2D eigenvalue weighted by Gasteiger charge is -2.14. The number of carbonyl (C=O) groups excluding carboxylic acids is 1. The Labute approximate surface area is 98.9 Å². The Morgan fingerprint density at radius 3 is 2.41 bits per heavy atom. The second-order valence-electron chi connectivity index (χ2n) is 3.59. The molecule has 0 radical (unpaired) electrons. The van der Waals surface area contributed by atoms with E-state index in [9.17, 15) is 9.59 Å². The van der Waals surface area contributed by atoms with Crippen LogP contribution in [0.15, 0.2) is 24.3 Å². The number of benzene rings is 1. The molecule has 1 aromatic carbocycles. The van der Waals surface area contributed by atoms with E-state index >= 15 is 0 Å². The molecular formula is C12H12N2O3. The lowest BCUT2D eigenvalue weighted by atomic mass is 10.1. The van der Waals surface area contributed by atoms with Gasteiger partial charge in [-0.3, -0.25) is 9.59 Å². The van der Waals surface area contributed by atoms with E-state index in [4.69, 9.17) is 10.4 Å². The first-order valence-electron chi connectivity index (χ1n) is 4.97. The van der Waals surface area contributed by atoms with Crippen LogP contribution in [-0.2, 0) is 11.2 Å². The van der Waals surface area contributed by atoms with Gasteiger partial charge in [-0.1, -0.05) is 12.1 Å². The predicted molar refractivity (Wildman–Crippen MR) is 60.4 cm³/mol. The summed E-state index contributed by atoms with van der Waals surface area (Å²) in [5, 5.41) is 17.1. The van der Waals surface area contributed by atoms with Crippen molar-refractivity contribution in [3.8, 4) is 6.07 Å². The molecule has 1 N–H and O–H groups in total. The SMILES string of the molecule is CN(CC(=O)O)C(=O)c1ccc(CC#N)cc1. The first kappa shape index (κ1) is 12.7. The van der Waals surface area contributed by atoms with Gasteiger partial charge < -0.3 is 10.0 Å². The molecule has 0 saturated carbocycles. The summed E-state index contributed by atoms with van der Waals surface area (Å²) < 4.78 is 0. The highest BCUT2D eigenvalue weighted by Crippen LogP contribution is 2.07. The maximum absolute atomic E-state index is 11.7. The number of rotatable bonds is 4. The van der Waals surface area contributed by atoms with Gasteiger partial charge in [-0.25, -0.2) is 0 Å². The van der Waals surface area contributed by atoms with Gasteiger partial charge in [0.2, 0.25) is 0 Å². The Morgan fingerprint density at radius 1 is 1.35 bits per heavy atom. The van der Waals surface area contributed by atoms with Crippen LogP contribution in [0.2, 0.25) is 0 Å². The number of carboxylic acids is 1. The van der Waals surface area contributed by atoms with Crippen molar-refractivity contribution in [1.29, 1.82) is 5.26 Å². The van der Waals surface area contributed by atoms with Crippen LogP contribution >= 0.6 is 0 Å². The number of carboxylic acid groups (broad SMARTS) is 1. The highest BCUT2D eigenvalue weighted by molar-refractivity contribution is 5.95. The third-order valence-electron chi connectivity index (χ3n) is 2.20. The van der Waals surface area contributed by atoms with Gasteiger partial charge in [0.05, 0.1) is 12.5 Å². The minimum Gasteiger partial charge on any atom is -0.480 e. The topological polar surface area (TPSA) is 81.4 Å². The van der Waals surface area contributed by atoms with Crippen LogP contribution in [0.3, 0.4) is 0 Å². The van der Waals surface area contributed by atoms with E-state index in [1.807, 2.05) is 6.07 Å². The lowest BCUT2D eigenvalue weighted by molar-refractivity contribution is -0.137. The largest absolute Gasteiger partial charge is 0.480 e. The first-order chi connectivity index (χ1) is 8.04. The van der Waals surface area contributed by atoms with Crippen molar-refractivity contribution in [1.82, 2.24) is 4.90 Å². The molecule has 1 rings (SSSR count). The molecule has 0 spiro atoms. The van der Waals surface area contributed by atoms with E-state index in [0.717, 1.165) is 10.5 Å². The van der Waals surface area contributed by atoms with Crippen molar-refractivity contribution < 1.29 is 14.7 Å². The highest BCUT2D eigenvalue weighted by atomic mass is 16.4. The van der Waals surface area contributed by atoms with Gasteiger partial charge in [0.25, 0.3) is 5.91 Å². The number of likely N-dealkylation sites (N-methyl/N-ethyl adjacent to an activating group) is 1. The van der Waals surface area contributed by atoms with Crippen LogP contribution in [0.5, 0.6) is 0 Å². The molecule has 0 atom stereocenters. The number of aliphatic carboxylic acids is 1. The van der Waals surface area contributed by atoms with E-state index in [1.54, 1.807) is 24.3 Å². The summed E-state index contributed by atoms with van der Waals surface area (Å²) in [5.41, 5.74) is 1.24. The number of carbonyl (C=O) groups is 2. The fourth-order valence-electron chi connectivity index (χ4n) is 1.35. The van der Waals surface area contributed by atoms with Crippen LogP contribution < -0.4 is 0 Å². The summed E-state index contributed by atoms with van der Waals surface area (Å²) in [4.78, 5) is 23.3. The molecule has 0 aliphatic heterocycles. The summed E-state index contributed by atoms with van der Waals surface area (Å²) in [6, 6.07) is 8.56. The smallest absolute Gasteiger partial charge is 0.323 e. The zero-order chi connectivity index (χ0) is 12.8. The summed E-state index contributed by atoms with van der Waals surface area (Å²) in [6.07, 6.45) is 0.291. The molecule has 1 aromatic rings. The van der Waals surface area contributed by atoms with Crippen molar-refractivity contribution in [2.45, 2.75) is 6.42 Å². The summed E-state index contributed by atoms with van der Waals surface area (Å²) in [7, 11) is 1.43. The maximum Gasteiger partial charge on any atom is 0.323 e. The van der Waals surface area contributed by atoms with Gasteiger partial charge in [-0.15, -0.1) is 0 Å². The summed E-state index contributed by atoms with van der Waals surface area (Å²) in [5.74, 6) is -1.40. The van der Waals surface area contributed by atoms with Crippen LogP contribution in [0, 0.1) is 11.3 Å². The molecule has 5 nitrogen and oxygen atoms in total. The van der Waals surface area contributed by atoms with Crippen molar-refractivity contribution in [3.05, 3.63) is 35.4 Å². The molecule has 5 heteroatoms. The van der Waals surface area contributed by atoms with Gasteiger partial charge >= 0.3 is 5.97 Å². The van der Waals surface area contributed by atoms with E-state index in [0.29, 0.717) is 12.0 Å². The Kier molecular flexibility index (Phi) is 4.23. The molecule has 0 aliphatic carbocycles. The first-order valence-corrected chi connectivity index (χ1v) is 4.97. The fraction of sp³-hybridized carbons (Fsp3) is 0.250. The predicted octanol–water partition coefficient (Wildman–Crippen LogP) is 0.909. The number of hydrogen-bond acceptors (Lipinski definition) is 3. The van der Waals surface area contributed by atoms with Gasteiger partial charge in [0, 0.05) is 12.6 Å². The third-order valence-corrected chi connectivity index (χ3v) is 2.20. The quantitative estimate of drug-likeness (QED) is 0.836. The number of amides is 1. The number of nitrogens with zero attached hydrogens (tertiary/aromatic N) is 2. The van der Waals surface area contributed by atoms with Gasteiger partial charge in [0.15, 0.2) is 0 Å². The molecule has 0 aromatic heterocycles. The van der Waals surface area contributed by atoms with Crippen LogP contribution in [0.4, 0.5) is 0 Å². The van der Waals surface area contributed by atoms with E-state index in [2.05, 4.69) is 0 Å². The van der Waals surface area contributed by atoms with Crippen molar-refractivity contribution in [2.75, 3.05) is 13.6 Å². The van der Waals surface area contributed by atoms with Crippen LogP contribution in [0.1, 0.15) is 15.9 Å². The highest BCUT2D eigenvalue weighted by Gasteiger charge is 2.13. The Hall–Kier alpha value is -2.35. The normalized spacial score (nSPS) is 9.41. The van der Waals surface area contributed by atoms with Crippen LogP contribution in [-0.4, -0.2) is 35.5 Å². The fourth-order valence-corrected chi connectivity index (χ4v) is 1.35. The van der Waals surface area contributed by atoms with E-state index in [-0.39, 0.29) is 12.5 Å². The van der Waals surface area contributed by atoms with Crippen molar-refractivity contribution in [3.63, 3.8) is 0 Å². The molecule has 1 amide bonds. The molecule has 0 saturated heterocycles. The second kappa shape index (κ2) is 5.66. The molecule has 0 fully saturated rings. The van der Waals surface area contributed by atoms with Crippen molar-refractivity contribution in [2.24, 2.45) is 0 Å².